The molecule has 1 aliphatic heterocycles. The molecule has 0 aliphatic carbocycles. The number of aromatic amines is 1. The Kier molecular flexibility index (Phi) is 7.05. The topological polar surface area (TPSA) is 91.5 Å². The zero-order valence-electron chi connectivity index (χ0n) is 16.6. The van der Waals surface area contributed by atoms with Gasteiger partial charge in [0.15, 0.2) is 0 Å². The monoisotopic (exact) mass is 397 g/mol. The Morgan fingerprint density at radius 1 is 1.24 bits per heavy atom. The molecule has 154 valence electrons. The van der Waals surface area contributed by atoms with Crippen molar-refractivity contribution in [1.29, 1.82) is 0 Å². The average Bonchev–Trinajstić information content (AvgIpc) is 2.76. The summed E-state index contributed by atoms with van der Waals surface area (Å²) in [7, 11) is 1.62. The lowest BCUT2D eigenvalue weighted by molar-refractivity contribution is -0.121. The number of nitrogens with one attached hydrogen (secondary N) is 2. The molecule has 0 saturated carbocycles. The molecule has 1 saturated heterocycles. The average molecular weight is 397 g/mol. The normalized spacial score (nSPS) is 16.3. The number of hydrogen-bond acceptors (Lipinski definition) is 4. The largest absolute Gasteiger partial charge is 0.497 e. The minimum Gasteiger partial charge on any atom is -0.497 e. The van der Waals surface area contributed by atoms with E-state index in [2.05, 4.69) is 10.3 Å². The number of benzene rings is 1. The minimum atomic E-state index is -0.280. The molecule has 0 spiro atoms. The van der Waals surface area contributed by atoms with Crippen LogP contribution in [0.15, 0.2) is 47.3 Å². The number of rotatable bonds is 7. The molecular weight excluding hydrogens is 370 g/mol. The third kappa shape index (κ3) is 5.94. The van der Waals surface area contributed by atoms with Gasteiger partial charge < -0.3 is 19.9 Å². The quantitative estimate of drug-likeness (QED) is 0.750. The van der Waals surface area contributed by atoms with Crippen molar-refractivity contribution in [3.8, 4) is 5.75 Å². The van der Waals surface area contributed by atoms with E-state index in [-0.39, 0.29) is 23.3 Å². The number of pyridine rings is 1. The zero-order chi connectivity index (χ0) is 20.6. The second-order valence-electron chi connectivity index (χ2n) is 7.36. The van der Waals surface area contributed by atoms with Gasteiger partial charge in [-0.2, -0.15) is 0 Å². The minimum absolute atomic E-state index is 0.00339. The highest BCUT2D eigenvalue weighted by Crippen LogP contribution is 2.22. The molecule has 2 N–H and O–H groups in total. The molecule has 0 unspecified atom stereocenters. The lowest BCUT2D eigenvalue weighted by Crippen LogP contribution is -2.41. The fraction of sp³-hybridized carbons (Fsp3) is 0.409. The van der Waals surface area contributed by atoms with Crippen LogP contribution in [0.25, 0.3) is 0 Å². The first-order valence-corrected chi connectivity index (χ1v) is 9.93. The zero-order valence-corrected chi connectivity index (χ0v) is 16.6. The summed E-state index contributed by atoms with van der Waals surface area (Å²) >= 11 is 0. The van der Waals surface area contributed by atoms with Gasteiger partial charge in [0.2, 0.25) is 11.5 Å². The third-order valence-electron chi connectivity index (χ3n) is 5.21. The number of ether oxygens (including phenoxy) is 1. The molecule has 7 heteroatoms. The first-order valence-electron chi connectivity index (χ1n) is 9.93. The molecule has 1 atom stereocenters. The second kappa shape index (κ2) is 9.91. The number of amides is 2. The number of likely N-dealkylation sites (tertiary alicyclic amines) is 1. The lowest BCUT2D eigenvalue weighted by Gasteiger charge is -2.32. The fourth-order valence-electron chi connectivity index (χ4n) is 3.63. The standard InChI is InChI=1S/C22H27N3O4/c1-29-18-7-2-5-17(13-18)14-23-20(26)11-10-16-6-4-12-25(15-16)22(28)19-8-3-9-21(27)24-19/h2-3,5,7-9,13,16H,4,6,10-12,14-15H2,1H3,(H,23,26)(H,24,27)/t16-/m0/s1. The number of nitrogens with zero attached hydrogens (tertiary/aromatic N) is 1. The van der Waals surface area contributed by atoms with Crippen molar-refractivity contribution in [2.45, 2.75) is 32.2 Å². The van der Waals surface area contributed by atoms with Gasteiger partial charge in [0.25, 0.3) is 5.91 Å². The van der Waals surface area contributed by atoms with Crippen LogP contribution in [0.5, 0.6) is 5.75 Å². The van der Waals surface area contributed by atoms with Crippen LogP contribution in [0.4, 0.5) is 0 Å². The molecule has 7 nitrogen and oxygen atoms in total. The van der Waals surface area contributed by atoms with Crippen LogP contribution in [-0.2, 0) is 11.3 Å². The number of piperidine rings is 1. The first-order chi connectivity index (χ1) is 14.0. The lowest BCUT2D eigenvalue weighted by atomic mass is 9.93. The predicted molar refractivity (Wildman–Crippen MR) is 110 cm³/mol. The van der Waals surface area contributed by atoms with Gasteiger partial charge in [0.05, 0.1) is 7.11 Å². The van der Waals surface area contributed by atoms with Crippen molar-refractivity contribution < 1.29 is 14.3 Å². The van der Waals surface area contributed by atoms with Crippen molar-refractivity contribution in [2.75, 3.05) is 20.2 Å². The molecule has 2 heterocycles. The molecular formula is C22H27N3O4. The number of H-pyrrole nitrogens is 1. The third-order valence-corrected chi connectivity index (χ3v) is 5.21. The van der Waals surface area contributed by atoms with E-state index in [0.29, 0.717) is 31.7 Å². The summed E-state index contributed by atoms with van der Waals surface area (Å²) in [6, 6.07) is 12.2. The predicted octanol–water partition coefficient (Wildman–Crippen LogP) is 2.33. The van der Waals surface area contributed by atoms with Crippen LogP contribution >= 0.6 is 0 Å². The molecule has 1 aromatic carbocycles. The number of hydrogen-bond donors (Lipinski definition) is 2. The molecule has 1 fully saturated rings. The Morgan fingerprint density at radius 3 is 2.86 bits per heavy atom. The van der Waals surface area contributed by atoms with Gasteiger partial charge >= 0.3 is 0 Å². The maximum absolute atomic E-state index is 12.6. The van der Waals surface area contributed by atoms with E-state index in [4.69, 9.17) is 4.74 Å². The maximum Gasteiger partial charge on any atom is 0.270 e. The number of methoxy groups -OCH3 is 1. The van der Waals surface area contributed by atoms with Gasteiger partial charge in [-0.1, -0.05) is 18.2 Å². The summed E-state index contributed by atoms with van der Waals surface area (Å²) < 4.78 is 5.19. The summed E-state index contributed by atoms with van der Waals surface area (Å²) in [6.45, 7) is 1.75. The fourth-order valence-corrected chi connectivity index (χ4v) is 3.63. The Hall–Kier alpha value is -3.09. The van der Waals surface area contributed by atoms with Crippen LogP contribution in [-0.4, -0.2) is 41.9 Å². The summed E-state index contributed by atoms with van der Waals surface area (Å²) in [5, 5.41) is 2.94. The van der Waals surface area contributed by atoms with E-state index < -0.39 is 0 Å². The van der Waals surface area contributed by atoms with E-state index in [0.717, 1.165) is 30.6 Å². The van der Waals surface area contributed by atoms with Gasteiger partial charge in [0.1, 0.15) is 11.4 Å². The molecule has 0 radical (unpaired) electrons. The molecule has 2 aromatic rings. The van der Waals surface area contributed by atoms with Gasteiger partial charge in [0, 0.05) is 32.1 Å². The summed E-state index contributed by atoms with van der Waals surface area (Å²) in [4.78, 5) is 40.6. The number of aromatic nitrogens is 1. The summed E-state index contributed by atoms with van der Waals surface area (Å²) in [5.41, 5.74) is 1.02. The van der Waals surface area contributed by atoms with Crippen molar-refractivity contribution in [1.82, 2.24) is 15.2 Å². The smallest absolute Gasteiger partial charge is 0.270 e. The van der Waals surface area contributed by atoms with Crippen LogP contribution < -0.4 is 15.6 Å². The maximum atomic E-state index is 12.6. The van der Waals surface area contributed by atoms with Gasteiger partial charge in [-0.25, -0.2) is 0 Å². The Bertz CT molecular complexity index is 909. The number of carbonyl (C=O) groups is 2. The molecule has 1 aliphatic rings. The van der Waals surface area contributed by atoms with Gasteiger partial charge in [-0.3, -0.25) is 14.4 Å². The summed E-state index contributed by atoms with van der Waals surface area (Å²) in [6.07, 6.45) is 3.06. The SMILES string of the molecule is COc1cccc(CNC(=O)CC[C@@H]2CCCN(C(=O)c3cccc(=O)[nH]3)C2)c1. The highest BCUT2D eigenvalue weighted by molar-refractivity contribution is 5.92. The van der Waals surface area contributed by atoms with E-state index in [9.17, 15) is 14.4 Å². The van der Waals surface area contributed by atoms with Crippen molar-refractivity contribution in [3.63, 3.8) is 0 Å². The van der Waals surface area contributed by atoms with Crippen molar-refractivity contribution >= 4 is 11.8 Å². The highest BCUT2D eigenvalue weighted by Gasteiger charge is 2.25. The van der Waals surface area contributed by atoms with E-state index in [1.54, 1.807) is 24.1 Å². The first kappa shape index (κ1) is 20.6. The Morgan fingerprint density at radius 2 is 2.07 bits per heavy atom. The molecule has 3 rings (SSSR count). The van der Waals surface area contributed by atoms with Crippen LogP contribution in [0.1, 0.15) is 41.7 Å². The molecule has 29 heavy (non-hydrogen) atoms. The van der Waals surface area contributed by atoms with Crippen molar-refractivity contribution in [3.05, 3.63) is 64.1 Å². The molecule has 0 bridgehead atoms. The molecule has 2 amide bonds. The van der Waals surface area contributed by atoms with Gasteiger partial charge in [-0.05, 0) is 48.9 Å². The van der Waals surface area contributed by atoms with Gasteiger partial charge in [-0.15, -0.1) is 0 Å². The van der Waals surface area contributed by atoms with E-state index >= 15 is 0 Å². The molecule has 1 aromatic heterocycles. The van der Waals surface area contributed by atoms with Crippen molar-refractivity contribution in [2.24, 2.45) is 5.92 Å². The van der Waals surface area contributed by atoms with E-state index in [1.807, 2.05) is 24.3 Å². The van der Waals surface area contributed by atoms with Crippen LogP contribution in [0.2, 0.25) is 0 Å². The highest BCUT2D eigenvalue weighted by atomic mass is 16.5. The number of carbonyl (C=O) groups excluding carboxylic acids is 2. The second-order valence-corrected chi connectivity index (χ2v) is 7.36. The van der Waals surface area contributed by atoms with Crippen LogP contribution in [0, 0.1) is 5.92 Å². The summed E-state index contributed by atoms with van der Waals surface area (Å²) in [5.74, 6) is 0.896. The van der Waals surface area contributed by atoms with Crippen LogP contribution in [0.3, 0.4) is 0 Å². The Labute approximate surface area is 170 Å². The van der Waals surface area contributed by atoms with E-state index in [1.165, 1.54) is 6.07 Å². The Balaban J connectivity index is 1.45.